The van der Waals surface area contributed by atoms with Crippen LogP contribution in [0.4, 0.5) is 5.69 Å². The minimum atomic E-state index is -0.0901. The number of nitrogens with zero attached hydrogens (tertiary/aromatic N) is 1. The van der Waals surface area contributed by atoms with E-state index in [1.54, 1.807) is 6.07 Å². The van der Waals surface area contributed by atoms with Gasteiger partial charge in [0.05, 0.1) is 0 Å². The molecule has 0 unspecified atom stereocenters. The van der Waals surface area contributed by atoms with Gasteiger partial charge in [0.2, 0.25) is 0 Å². The first kappa shape index (κ1) is 20.8. The fraction of sp³-hybridized carbons (Fsp3) is 0.370. The average Bonchev–Trinajstić information content (AvgIpc) is 3.13. The molecule has 0 spiro atoms. The first-order valence-corrected chi connectivity index (χ1v) is 11.6. The highest BCUT2D eigenvalue weighted by atomic mass is 16.3. The molecule has 1 aliphatic carbocycles. The van der Waals surface area contributed by atoms with Crippen LogP contribution in [0.15, 0.2) is 54.6 Å². The molecular weight excluding hydrogens is 398 g/mol. The maximum Gasteiger partial charge on any atom is 0.272 e. The van der Waals surface area contributed by atoms with Gasteiger partial charge in [0, 0.05) is 23.3 Å². The summed E-state index contributed by atoms with van der Waals surface area (Å²) in [4.78, 5) is 19.1. The van der Waals surface area contributed by atoms with Crippen molar-refractivity contribution in [2.45, 2.75) is 38.5 Å². The molecular formula is C27H31N3O2. The van der Waals surface area contributed by atoms with Crippen LogP contribution in [0.25, 0.3) is 0 Å². The predicted octanol–water partition coefficient (Wildman–Crippen LogP) is 4.66. The fourth-order valence-electron chi connectivity index (χ4n) is 5.85. The van der Waals surface area contributed by atoms with Gasteiger partial charge in [0.25, 0.3) is 5.91 Å². The number of carbonyl (C=O) groups is 1. The lowest BCUT2D eigenvalue weighted by Crippen LogP contribution is -2.53. The highest BCUT2D eigenvalue weighted by Gasteiger charge is 2.48. The number of para-hydroxylation sites is 1. The number of piperidine rings is 1. The van der Waals surface area contributed by atoms with Gasteiger partial charge in [-0.05, 0) is 86.1 Å². The lowest BCUT2D eigenvalue weighted by Gasteiger charge is -2.51. The van der Waals surface area contributed by atoms with E-state index < -0.39 is 0 Å². The zero-order valence-electron chi connectivity index (χ0n) is 18.8. The second kappa shape index (κ2) is 8.14. The number of nitrogens with one attached hydrogen (secondary N) is 2. The number of phenolic OH excluding ortho intramolecular Hbond substituents is 1. The molecule has 1 aliphatic heterocycles. The molecule has 1 aromatic heterocycles. The Morgan fingerprint density at radius 3 is 2.78 bits per heavy atom. The molecule has 166 valence electrons. The number of aromatic nitrogens is 1. The quantitative estimate of drug-likeness (QED) is 0.565. The second-order valence-corrected chi connectivity index (χ2v) is 9.33. The summed E-state index contributed by atoms with van der Waals surface area (Å²) in [6.45, 7) is 7.44. The highest BCUT2D eigenvalue weighted by Crippen LogP contribution is 2.49. The Hall–Kier alpha value is -3.05. The number of aromatic amines is 1. The molecule has 32 heavy (non-hydrogen) atoms. The number of likely N-dealkylation sites (tertiary alicyclic amines) is 1. The van der Waals surface area contributed by atoms with E-state index in [0.717, 1.165) is 50.1 Å². The van der Waals surface area contributed by atoms with E-state index in [-0.39, 0.29) is 11.3 Å². The molecule has 2 atom stereocenters. The molecule has 1 fully saturated rings. The third-order valence-electron chi connectivity index (χ3n) is 7.67. The van der Waals surface area contributed by atoms with Gasteiger partial charge in [-0.2, -0.15) is 0 Å². The summed E-state index contributed by atoms with van der Waals surface area (Å²) in [7, 11) is 0. The molecule has 0 saturated carbocycles. The van der Waals surface area contributed by atoms with E-state index in [0.29, 0.717) is 17.4 Å². The number of aromatic hydroxyl groups is 1. The van der Waals surface area contributed by atoms with E-state index in [2.05, 4.69) is 35.1 Å². The van der Waals surface area contributed by atoms with Crippen molar-refractivity contribution in [3.63, 3.8) is 0 Å². The Morgan fingerprint density at radius 2 is 2.03 bits per heavy atom. The van der Waals surface area contributed by atoms with Gasteiger partial charge >= 0.3 is 0 Å². The maximum absolute atomic E-state index is 13.1. The minimum Gasteiger partial charge on any atom is -0.508 e. The third-order valence-corrected chi connectivity index (χ3v) is 7.67. The number of H-pyrrole nitrogens is 1. The van der Waals surface area contributed by atoms with Crippen LogP contribution in [0, 0.1) is 12.8 Å². The monoisotopic (exact) mass is 429 g/mol. The number of benzene rings is 2. The maximum atomic E-state index is 13.1. The van der Waals surface area contributed by atoms with Crippen molar-refractivity contribution in [1.29, 1.82) is 0 Å². The van der Waals surface area contributed by atoms with E-state index in [1.807, 2.05) is 42.5 Å². The zero-order chi connectivity index (χ0) is 22.3. The first-order valence-electron chi connectivity index (χ1n) is 11.6. The van der Waals surface area contributed by atoms with Gasteiger partial charge in [0.1, 0.15) is 11.4 Å². The van der Waals surface area contributed by atoms with Crippen LogP contribution in [0.2, 0.25) is 0 Å². The normalized spacial score (nSPS) is 22.8. The van der Waals surface area contributed by atoms with Crippen molar-refractivity contribution < 1.29 is 9.90 Å². The van der Waals surface area contributed by atoms with E-state index in [9.17, 15) is 9.90 Å². The van der Waals surface area contributed by atoms with Crippen LogP contribution in [-0.4, -0.2) is 40.5 Å². The summed E-state index contributed by atoms with van der Waals surface area (Å²) >= 11 is 0. The first-order chi connectivity index (χ1) is 15.5. The number of rotatable bonds is 4. The summed E-state index contributed by atoms with van der Waals surface area (Å²) < 4.78 is 0. The van der Waals surface area contributed by atoms with Crippen molar-refractivity contribution in [2.75, 3.05) is 25.0 Å². The van der Waals surface area contributed by atoms with Crippen LogP contribution in [0.3, 0.4) is 0 Å². The Kier molecular flexibility index (Phi) is 5.30. The lowest BCUT2D eigenvalue weighted by atomic mass is 9.58. The number of phenols is 1. The Balaban J connectivity index is 1.52. The van der Waals surface area contributed by atoms with Crippen LogP contribution < -0.4 is 5.32 Å². The predicted molar refractivity (Wildman–Crippen MR) is 127 cm³/mol. The summed E-state index contributed by atoms with van der Waals surface area (Å²) in [5, 5.41) is 13.2. The molecule has 3 N–H and O–H groups in total. The molecule has 3 aromatic rings. The molecule has 2 aliphatic rings. The van der Waals surface area contributed by atoms with Crippen molar-refractivity contribution in [3.8, 4) is 5.75 Å². The van der Waals surface area contributed by atoms with Crippen molar-refractivity contribution >= 4 is 11.6 Å². The van der Waals surface area contributed by atoms with Crippen LogP contribution in [0.5, 0.6) is 5.75 Å². The van der Waals surface area contributed by atoms with Gasteiger partial charge in [0.15, 0.2) is 0 Å². The average molecular weight is 430 g/mol. The second-order valence-electron chi connectivity index (χ2n) is 9.33. The Labute approximate surface area is 189 Å². The van der Waals surface area contributed by atoms with Gasteiger partial charge in [-0.1, -0.05) is 37.3 Å². The fourth-order valence-corrected chi connectivity index (χ4v) is 5.85. The number of fused-ring (bicyclic) bond motifs is 2. The molecule has 5 nitrogen and oxygen atoms in total. The van der Waals surface area contributed by atoms with Gasteiger partial charge in [-0.25, -0.2) is 0 Å². The topological polar surface area (TPSA) is 68.4 Å². The largest absolute Gasteiger partial charge is 0.508 e. The zero-order valence-corrected chi connectivity index (χ0v) is 18.8. The van der Waals surface area contributed by atoms with Crippen LogP contribution in [0.1, 0.15) is 46.2 Å². The van der Waals surface area contributed by atoms with E-state index in [4.69, 9.17) is 0 Å². The number of anilines is 1. The van der Waals surface area contributed by atoms with Crippen LogP contribution in [-0.2, 0) is 18.3 Å². The number of carbonyl (C=O) groups excluding carboxylic acids is 1. The van der Waals surface area contributed by atoms with Crippen molar-refractivity contribution in [3.05, 3.63) is 82.7 Å². The summed E-state index contributed by atoms with van der Waals surface area (Å²) in [6.07, 6.45) is 2.87. The smallest absolute Gasteiger partial charge is 0.272 e. The molecule has 1 saturated heterocycles. The number of amides is 1. The molecule has 5 rings (SSSR count). The SMILES string of the molecule is CCN1CC[C@@]2(c3cccc(O)c3)Cc3[nH]c(C(=O)Nc4ccccc4)c(C)c3C[C@@H]2C1. The van der Waals surface area contributed by atoms with E-state index in [1.165, 1.54) is 16.8 Å². The molecule has 0 bridgehead atoms. The molecule has 5 heteroatoms. The number of hydrogen-bond donors (Lipinski definition) is 3. The standard InChI is InChI=1S/C27H31N3O2/c1-3-30-13-12-27(19-8-7-11-22(31)14-19)16-24-23(15-20(27)17-30)18(2)25(29-24)26(32)28-21-9-5-4-6-10-21/h4-11,14,20,29,31H,3,12-13,15-17H2,1-2H3,(H,28,32)/t20-,27+/m1/s1. The highest BCUT2D eigenvalue weighted by molar-refractivity contribution is 6.04. The number of hydrogen-bond acceptors (Lipinski definition) is 3. The summed E-state index contributed by atoms with van der Waals surface area (Å²) in [6, 6.07) is 17.4. The van der Waals surface area contributed by atoms with Crippen molar-refractivity contribution in [1.82, 2.24) is 9.88 Å². The minimum absolute atomic E-state index is 0.0259. The van der Waals surface area contributed by atoms with Gasteiger partial charge < -0.3 is 20.3 Å². The third kappa shape index (κ3) is 3.51. The van der Waals surface area contributed by atoms with Gasteiger partial charge in [-0.3, -0.25) is 4.79 Å². The molecule has 2 heterocycles. The van der Waals surface area contributed by atoms with E-state index >= 15 is 0 Å². The Morgan fingerprint density at radius 1 is 1.22 bits per heavy atom. The van der Waals surface area contributed by atoms with Crippen molar-refractivity contribution in [2.24, 2.45) is 5.92 Å². The Bertz CT molecular complexity index is 1140. The van der Waals surface area contributed by atoms with Crippen LogP contribution >= 0.6 is 0 Å². The molecule has 1 amide bonds. The van der Waals surface area contributed by atoms with Gasteiger partial charge in [-0.15, -0.1) is 0 Å². The molecule has 0 radical (unpaired) electrons. The molecule has 2 aromatic carbocycles. The lowest BCUT2D eigenvalue weighted by molar-refractivity contribution is 0.0848. The summed E-state index contributed by atoms with van der Waals surface area (Å²) in [5.41, 5.74) is 6.18. The summed E-state index contributed by atoms with van der Waals surface area (Å²) in [5.74, 6) is 0.683.